The molecule has 0 aromatic carbocycles. The van der Waals surface area contributed by atoms with Gasteiger partial charge in [-0.15, -0.1) is 0 Å². The molecular weight excluding hydrogens is 440 g/mol. The van der Waals surface area contributed by atoms with Crippen LogP contribution in [0, 0.1) is 36.5 Å². The number of carbonyl (C=O) groups excluding carboxylic acids is 1. The molecular formula is C26H22N8O. The maximum absolute atomic E-state index is 12.9. The molecule has 0 aliphatic carbocycles. The van der Waals surface area contributed by atoms with E-state index in [9.17, 15) is 15.3 Å². The maximum Gasteiger partial charge on any atom is 0.255 e. The minimum atomic E-state index is -0.818. The van der Waals surface area contributed by atoms with Crippen molar-refractivity contribution in [3.8, 4) is 29.1 Å². The largest absolute Gasteiger partial charge is 0.321 e. The molecule has 4 rings (SSSR count). The lowest BCUT2D eigenvalue weighted by molar-refractivity contribution is 0.102. The highest BCUT2D eigenvalue weighted by Gasteiger charge is 2.22. The van der Waals surface area contributed by atoms with Gasteiger partial charge in [0.05, 0.1) is 40.3 Å². The Morgan fingerprint density at radius 1 is 1.06 bits per heavy atom. The summed E-state index contributed by atoms with van der Waals surface area (Å²) < 4.78 is 1.70. The van der Waals surface area contributed by atoms with Crippen molar-refractivity contribution in [1.29, 1.82) is 10.5 Å². The number of imidazole rings is 1. The van der Waals surface area contributed by atoms with Crippen LogP contribution in [-0.2, 0) is 5.41 Å². The molecule has 0 bridgehead atoms. The first-order valence-electron chi connectivity index (χ1n) is 10.8. The third kappa shape index (κ3) is 4.75. The van der Waals surface area contributed by atoms with E-state index < -0.39 is 5.41 Å². The van der Waals surface area contributed by atoms with Crippen LogP contribution >= 0.6 is 0 Å². The zero-order valence-electron chi connectivity index (χ0n) is 19.7. The molecule has 35 heavy (non-hydrogen) atoms. The van der Waals surface area contributed by atoms with E-state index in [2.05, 4.69) is 37.4 Å². The van der Waals surface area contributed by atoms with Gasteiger partial charge in [0.25, 0.3) is 5.91 Å². The van der Waals surface area contributed by atoms with Crippen molar-refractivity contribution in [2.45, 2.75) is 33.1 Å². The van der Waals surface area contributed by atoms with Crippen LogP contribution in [0.2, 0.25) is 0 Å². The number of hydrogen-bond donors (Lipinski definition) is 1. The molecule has 0 fully saturated rings. The molecule has 0 saturated carbocycles. The van der Waals surface area contributed by atoms with Crippen LogP contribution in [0.3, 0.4) is 0 Å². The van der Waals surface area contributed by atoms with Crippen molar-refractivity contribution in [1.82, 2.24) is 24.5 Å². The first kappa shape index (κ1) is 23.3. The Kier molecular flexibility index (Phi) is 6.09. The normalized spacial score (nSPS) is 10.9. The summed E-state index contributed by atoms with van der Waals surface area (Å²) in [5.41, 5.74) is 3.93. The van der Waals surface area contributed by atoms with Gasteiger partial charge in [0.15, 0.2) is 5.82 Å². The van der Waals surface area contributed by atoms with E-state index in [0.717, 1.165) is 17.0 Å². The molecule has 4 heterocycles. The number of amides is 1. The van der Waals surface area contributed by atoms with E-state index in [1.54, 1.807) is 67.6 Å². The van der Waals surface area contributed by atoms with Gasteiger partial charge in [-0.05, 0) is 52.0 Å². The Morgan fingerprint density at radius 2 is 1.86 bits per heavy atom. The van der Waals surface area contributed by atoms with E-state index in [1.807, 2.05) is 13.8 Å². The second-order valence-corrected chi connectivity index (χ2v) is 8.61. The molecule has 0 atom stereocenters. The number of aromatic nitrogens is 5. The van der Waals surface area contributed by atoms with E-state index in [1.165, 1.54) is 6.20 Å². The van der Waals surface area contributed by atoms with Crippen molar-refractivity contribution < 1.29 is 4.79 Å². The Bertz CT molecular complexity index is 1520. The highest BCUT2D eigenvalue weighted by atomic mass is 16.1. The zero-order valence-corrected chi connectivity index (χ0v) is 19.7. The Balaban J connectivity index is 1.64. The van der Waals surface area contributed by atoms with E-state index in [4.69, 9.17) is 0 Å². The first-order valence-corrected chi connectivity index (χ1v) is 10.8. The number of anilines is 1. The van der Waals surface area contributed by atoms with Crippen LogP contribution in [0.5, 0.6) is 0 Å². The predicted octanol–water partition coefficient (Wildman–Crippen LogP) is 4.27. The number of nitriles is 2. The Morgan fingerprint density at radius 3 is 2.54 bits per heavy atom. The average molecular weight is 463 g/mol. The first-order chi connectivity index (χ1) is 16.7. The fourth-order valence-electron chi connectivity index (χ4n) is 3.50. The lowest BCUT2D eigenvalue weighted by Gasteiger charge is -2.15. The third-order valence-corrected chi connectivity index (χ3v) is 5.54. The lowest BCUT2D eigenvalue weighted by atomic mass is 9.90. The second-order valence-electron chi connectivity index (χ2n) is 8.61. The number of nitrogens with zero attached hydrogens (tertiary/aromatic N) is 7. The highest BCUT2D eigenvalue weighted by Crippen LogP contribution is 2.27. The van der Waals surface area contributed by atoms with Gasteiger partial charge in [0.2, 0.25) is 0 Å². The molecule has 4 aromatic heterocycles. The molecule has 0 spiro atoms. The van der Waals surface area contributed by atoms with Crippen molar-refractivity contribution in [3.05, 3.63) is 83.6 Å². The zero-order chi connectivity index (χ0) is 25.2. The van der Waals surface area contributed by atoms with E-state index in [0.29, 0.717) is 33.9 Å². The molecule has 0 unspecified atom stereocenters. The van der Waals surface area contributed by atoms with Gasteiger partial charge in [-0.3, -0.25) is 19.3 Å². The molecule has 1 N–H and O–H groups in total. The molecule has 0 aliphatic rings. The van der Waals surface area contributed by atoms with Crippen LogP contribution in [0.4, 0.5) is 5.69 Å². The van der Waals surface area contributed by atoms with Gasteiger partial charge in [-0.2, -0.15) is 10.5 Å². The number of carbonyl (C=O) groups is 1. The standard InChI is InChI=1S/C26H22N8O/c1-16-13-34(15-32-16)24-19(10-27)7-20(11-31-24)22-9-21(12-30-17(22)2)33-25(35)18-5-6-29-23(8-18)26(3,4)14-28/h5-9,11-13,15H,1-4H3,(H,33,35). The maximum atomic E-state index is 12.9. The van der Waals surface area contributed by atoms with Gasteiger partial charge >= 0.3 is 0 Å². The van der Waals surface area contributed by atoms with Crippen LogP contribution in [-0.4, -0.2) is 30.4 Å². The quantitative estimate of drug-likeness (QED) is 0.468. The molecule has 0 saturated heterocycles. The average Bonchev–Trinajstić information content (AvgIpc) is 3.30. The SMILES string of the molecule is Cc1cn(-c2ncc(-c3cc(NC(=O)c4ccnc(C(C)(C)C#N)c4)cnc3C)cc2C#N)cn1. The van der Waals surface area contributed by atoms with Crippen LogP contribution in [0.25, 0.3) is 16.9 Å². The van der Waals surface area contributed by atoms with Gasteiger partial charge in [-0.1, -0.05) is 0 Å². The Hall–Kier alpha value is -4.89. The number of nitrogens with one attached hydrogen (secondary N) is 1. The topological polar surface area (TPSA) is 133 Å². The third-order valence-electron chi connectivity index (χ3n) is 5.54. The molecule has 172 valence electrons. The molecule has 9 nitrogen and oxygen atoms in total. The van der Waals surface area contributed by atoms with Crippen LogP contribution in [0.15, 0.2) is 55.4 Å². The Labute approximate surface area is 202 Å². The van der Waals surface area contributed by atoms with Gasteiger partial charge in [0.1, 0.15) is 12.4 Å². The summed E-state index contributed by atoms with van der Waals surface area (Å²) in [7, 11) is 0. The molecule has 1 amide bonds. The van der Waals surface area contributed by atoms with Gasteiger partial charge in [0, 0.05) is 41.0 Å². The summed E-state index contributed by atoms with van der Waals surface area (Å²) in [6.07, 6.45) is 8.16. The van der Waals surface area contributed by atoms with Crippen molar-refractivity contribution >= 4 is 11.6 Å². The number of rotatable bonds is 5. The summed E-state index contributed by atoms with van der Waals surface area (Å²) >= 11 is 0. The molecule has 4 aromatic rings. The van der Waals surface area contributed by atoms with E-state index >= 15 is 0 Å². The van der Waals surface area contributed by atoms with Crippen LogP contribution < -0.4 is 5.32 Å². The summed E-state index contributed by atoms with van der Waals surface area (Å²) in [4.78, 5) is 30.2. The highest BCUT2D eigenvalue weighted by molar-refractivity contribution is 6.04. The molecule has 0 aliphatic heterocycles. The number of aryl methyl sites for hydroxylation is 2. The second kappa shape index (κ2) is 9.16. The lowest BCUT2D eigenvalue weighted by Crippen LogP contribution is -2.18. The minimum absolute atomic E-state index is 0.347. The molecule has 9 heteroatoms. The summed E-state index contributed by atoms with van der Waals surface area (Å²) in [6.45, 7) is 7.20. The fourth-order valence-corrected chi connectivity index (χ4v) is 3.50. The number of pyridine rings is 3. The smallest absolute Gasteiger partial charge is 0.255 e. The van der Waals surface area contributed by atoms with Gasteiger partial charge < -0.3 is 5.32 Å². The summed E-state index contributed by atoms with van der Waals surface area (Å²) in [5.74, 6) is 0.140. The van der Waals surface area contributed by atoms with Crippen LogP contribution in [0.1, 0.15) is 46.9 Å². The summed E-state index contributed by atoms with van der Waals surface area (Å²) in [5, 5.41) is 21.9. The van der Waals surface area contributed by atoms with Crippen molar-refractivity contribution in [2.24, 2.45) is 0 Å². The van der Waals surface area contributed by atoms with Gasteiger partial charge in [-0.25, -0.2) is 9.97 Å². The predicted molar refractivity (Wildman–Crippen MR) is 130 cm³/mol. The fraction of sp³-hybridized carbons (Fsp3) is 0.192. The number of hydrogen-bond acceptors (Lipinski definition) is 7. The molecule has 0 radical (unpaired) electrons. The van der Waals surface area contributed by atoms with Crippen molar-refractivity contribution in [3.63, 3.8) is 0 Å². The van der Waals surface area contributed by atoms with Crippen molar-refractivity contribution in [2.75, 3.05) is 5.32 Å². The monoisotopic (exact) mass is 462 g/mol. The van der Waals surface area contributed by atoms with E-state index in [-0.39, 0.29) is 5.91 Å². The minimum Gasteiger partial charge on any atom is -0.321 e. The summed E-state index contributed by atoms with van der Waals surface area (Å²) in [6, 6.07) is 11.1.